The predicted octanol–water partition coefficient (Wildman–Crippen LogP) is 4.12. The number of anilines is 1. The number of allylic oxidation sites excluding steroid dienone is 2. The van der Waals surface area contributed by atoms with Crippen LogP contribution in [0.2, 0.25) is 0 Å². The largest absolute Gasteiger partial charge is 0.371 e. The van der Waals surface area contributed by atoms with E-state index < -0.39 is 5.41 Å². The van der Waals surface area contributed by atoms with Gasteiger partial charge in [-0.3, -0.25) is 9.59 Å². The van der Waals surface area contributed by atoms with Crippen LogP contribution in [0, 0.1) is 22.7 Å². The van der Waals surface area contributed by atoms with E-state index in [1.165, 1.54) is 0 Å². The number of ketones is 1. The van der Waals surface area contributed by atoms with Gasteiger partial charge in [0.15, 0.2) is 5.78 Å². The molecule has 4 nitrogen and oxygen atoms in total. The molecule has 2 heterocycles. The lowest BCUT2D eigenvalue weighted by Crippen LogP contribution is -2.56. The van der Waals surface area contributed by atoms with Crippen molar-refractivity contribution in [2.75, 3.05) is 5.32 Å². The molecule has 0 aromatic heterocycles. The second kappa shape index (κ2) is 5.54. The third-order valence-corrected chi connectivity index (χ3v) is 7.84. The van der Waals surface area contributed by atoms with Crippen LogP contribution in [0.3, 0.4) is 0 Å². The van der Waals surface area contributed by atoms with Crippen LogP contribution in [-0.4, -0.2) is 23.4 Å². The Labute approximate surface area is 160 Å². The molecule has 1 amide bonds. The minimum atomic E-state index is -0.524. The van der Waals surface area contributed by atoms with E-state index in [-0.39, 0.29) is 34.7 Å². The molecule has 6 atom stereocenters. The molecule has 2 saturated heterocycles. The van der Waals surface area contributed by atoms with Crippen molar-refractivity contribution >= 4 is 17.4 Å². The summed E-state index contributed by atoms with van der Waals surface area (Å²) in [7, 11) is 0. The van der Waals surface area contributed by atoms with E-state index in [2.05, 4.69) is 25.2 Å². The second-order valence-electron chi connectivity index (χ2n) is 9.52. The van der Waals surface area contributed by atoms with Gasteiger partial charge in [-0.25, -0.2) is 0 Å². The number of hydrogen-bond acceptors (Lipinski definition) is 3. The highest BCUT2D eigenvalue weighted by Gasteiger charge is 2.71. The summed E-state index contributed by atoms with van der Waals surface area (Å²) >= 11 is 0. The van der Waals surface area contributed by atoms with E-state index in [0.29, 0.717) is 18.8 Å². The quantitative estimate of drug-likeness (QED) is 0.873. The van der Waals surface area contributed by atoms with Gasteiger partial charge in [-0.05, 0) is 62.1 Å². The molecule has 5 unspecified atom stereocenters. The summed E-state index contributed by atoms with van der Waals surface area (Å²) in [4.78, 5) is 25.5. The van der Waals surface area contributed by atoms with Gasteiger partial charge < -0.3 is 10.1 Å². The molecular weight excluding hydrogens is 338 g/mol. The van der Waals surface area contributed by atoms with Gasteiger partial charge in [-0.1, -0.05) is 31.2 Å². The summed E-state index contributed by atoms with van der Waals surface area (Å²) < 4.78 is 6.46. The van der Waals surface area contributed by atoms with Crippen LogP contribution in [0.25, 0.3) is 0 Å². The number of ether oxygens (including phenoxy) is 1. The molecule has 27 heavy (non-hydrogen) atoms. The standard InChI is InChI=1S/C23H27NO3/c1-21(10-9-19(26)24-16-6-4-3-5-7-16)18(25)8-11-23-13-15-12-17(20(21)23)27-22(15,2)14-23/h3-8,11,15,17,20H,9-10,12-14H2,1-2H3,(H,24,26)/t15?,17?,20?,21-,22?,23?/m1/s1. The topological polar surface area (TPSA) is 55.4 Å². The molecule has 6 rings (SSSR count). The van der Waals surface area contributed by atoms with Crippen LogP contribution < -0.4 is 5.32 Å². The maximum absolute atomic E-state index is 13.0. The zero-order valence-electron chi connectivity index (χ0n) is 16.0. The summed E-state index contributed by atoms with van der Waals surface area (Å²) in [6, 6.07) is 9.49. The van der Waals surface area contributed by atoms with E-state index in [1.54, 1.807) is 0 Å². The molecule has 1 aromatic rings. The fourth-order valence-corrected chi connectivity index (χ4v) is 6.76. The highest BCUT2D eigenvalue weighted by atomic mass is 16.5. The zero-order valence-corrected chi connectivity index (χ0v) is 16.0. The number of carbonyl (C=O) groups is 2. The van der Waals surface area contributed by atoms with Crippen molar-refractivity contribution < 1.29 is 14.3 Å². The summed E-state index contributed by atoms with van der Waals surface area (Å²) in [5, 5.41) is 2.94. The Morgan fingerprint density at radius 2 is 2.04 bits per heavy atom. The molecule has 4 fully saturated rings. The van der Waals surface area contributed by atoms with Gasteiger partial charge in [0.05, 0.1) is 11.7 Å². The molecule has 2 saturated carbocycles. The lowest BCUT2D eigenvalue weighted by molar-refractivity contribution is -0.169. The van der Waals surface area contributed by atoms with Crippen molar-refractivity contribution in [2.24, 2.45) is 22.7 Å². The van der Waals surface area contributed by atoms with Crippen LogP contribution in [0.1, 0.15) is 46.0 Å². The lowest BCUT2D eigenvalue weighted by Gasteiger charge is -2.55. The first-order chi connectivity index (χ1) is 12.8. The molecule has 5 aliphatic rings. The number of benzene rings is 1. The van der Waals surface area contributed by atoms with Crippen LogP contribution in [0.4, 0.5) is 5.69 Å². The number of para-hydroxylation sites is 1. The average molecular weight is 365 g/mol. The van der Waals surface area contributed by atoms with Crippen molar-refractivity contribution in [3.8, 4) is 0 Å². The van der Waals surface area contributed by atoms with E-state index >= 15 is 0 Å². The number of nitrogens with one attached hydrogen (secondary N) is 1. The van der Waals surface area contributed by atoms with E-state index in [0.717, 1.165) is 24.9 Å². The molecule has 142 valence electrons. The van der Waals surface area contributed by atoms with Crippen molar-refractivity contribution in [3.05, 3.63) is 42.5 Å². The summed E-state index contributed by atoms with van der Waals surface area (Å²) in [5.74, 6) is 0.938. The summed E-state index contributed by atoms with van der Waals surface area (Å²) in [5.41, 5.74) is 0.342. The van der Waals surface area contributed by atoms with E-state index in [4.69, 9.17) is 4.74 Å². The van der Waals surface area contributed by atoms with E-state index in [1.807, 2.05) is 36.4 Å². The molecular formula is C23H27NO3. The van der Waals surface area contributed by atoms with Crippen LogP contribution in [0.15, 0.2) is 42.5 Å². The second-order valence-corrected chi connectivity index (χ2v) is 9.52. The Morgan fingerprint density at radius 1 is 1.26 bits per heavy atom. The Balaban J connectivity index is 1.36. The lowest BCUT2D eigenvalue weighted by atomic mass is 9.51. The van der Waals surface area contributed by atoms with Crippen molar-refractivity contribution in [1.82, 2.24) is 0 Å². The maximum atomic E-state index is 13.0. The SMILES string of the molecule is CC12CC34C=CC(=O)[C@@](C)(CCC(=O)Nc5ccccc5)C3C(CC1C4)O2. The molecule has 1 aromatic carbocycles. The highest BCUT2D eigenvalue weighted by molar-refractivity contribution is 5.97. The Morgan fingerprint density at radius 3 is 2.78 bits per heavy atom. The Hall–Kier alpha value is -1.94. The average Bonchev–Trinajstić information content (AvgIpc) is 3.00. The third kappa shape index (κ3) is 2.39. The minimum absolute atomic E-state index is 0.0164. The van der Waals surface area contributed by atoms with Gasteiger partial charge in [0.25, 0.3) is 0 Å². The molecule has 1 spiro atoms. The molecule has 0 radical (unpaired) electrons. The minimum Gasteiger partial charge on any atom is -0.371 e. The van der Waals surface area contributed by atoms with Crippen molar-refractivity contribution in [2.45, 2.75) is 57.7 Å². The number of rotatable bonds is 4. The maximum Gasteiger partial charge on any atom is 0.224 e. The van der Waals surface area contributed by atoms with Crippen LogP contribution >= 0.6 is 0 Å². The van der Waals surface area contributed by atoms with Crippen molar-refractivity contribution in [3.63, 3.8) is 0 Å². The highest BCUT2D eigenvalue weighted by Crippen LogP contribution is 2.71. The molecule has 4 bridgehead atoms. The van der Waals surface area contributed by atoms with Crippen LogP contribution in [-0.2, 0) is 14.3 Å². The van der Waals surface area contributed by atoms with Gasteiger partial charge in [-0.15, -0.1) is 0 Å². The van der Waals surface area contributed by atoms with Gasteiger partial charge in [-0.2, -0.15) is 0 Å². The van der Waals surface area contributed by atoms with Crippen molar-refractivity contribution in [1.29, 1.82) is 0 Å². The smallest absolute Gasteiger partial charge is 0.224 e. The first-order valence-corrected chi connectivity index (χ1v) is 10.1. The number of carbonyl (C=O) groups excluding carboxylic acids is 2. The van der Waals surface area contributed by atoms with Gasteiger partial charge in [0, 0.05) is 23.4 Å². The van der Waals surface area contributed by atoms with Gasteiger partial charge in [0.2, 0.25) is 5.91 Å². The summed E-state index contributed by atoms with van der Waals surface area (Å²) in [6.45, 7) is 4.32. The monoisotopic (exact) mass is 365 g/mol. The molecule has 2 aliphatic heterocycles. The predicted molar refractivity (Wildman–Crippen MR) is 103 cm³/mol. The zero-order chi connectivity index (χ0) is 18.9. The number of hydrogen-bond donors (Lipinski definition) is 1. The first-order valence-electron chi connectivity index (χ1n) is 10.1. The fraction of sp³-hybridized carbons (Fsp3) is 0.565. The Kier molecular flexibility index (Phi) is 3.52. The Bertz CT molecular complexity index is 833. The summed E-state index contributed by atoms with van der Waals surface area (Å²) in [6.07, 6.45) is 8.28. The van der Waals surface area contributed by atoms with Crippen LogP contribution in [0.5, 0.6) is 0 Å². The first kappa shape index (κ1) is 17.2. The third-order valence-electron chi connectivity index (χ3n) is 7.84. The van der Waals surface area contributed by atoms with E-state index in [9.17, 15) is 9.59 Å². The normalized spacial score (nSPS) is 43.8. The molecule has 1 N–H and O–H groups in total. The number of amides is 1. The molecule has 3 aliphatic carbocycles. The van der Waals surface area contributed by atoms with Gasteiger partial charge in [0.1, 0.15) is 0 Å². The fourth-order valence-electron chi connectivity index (χ4n) is 6.76. The molecule has 4 heteroatoms. The van der Waals surface area contributed by atoms with Gasteiger partial charge >= 0.3 is 0 Å².